The number of carbonyl (C=O) groups excluding carboxylic acids is 1. The average Bonchev–Trinajstić information content (AvgIpc) is 2.97. The SMILES string of the molecule is Cc1cc(Cl)ccc1NC(=O)c1nn(C)c2c1CCC2. The Morgan fingerprint density at radius 1 is 1.40 bits per heavy atom. The van der Waals surface area contributed by atoms with Crippen LogP contribution in [0.5, 0.6) is 0 Å². The van der Waals surface area contributed by atoms with Crippen molar-refractivity contribution in [2.45, 2.75) is 26.2 Å². The highest BCUT2D eigenvalue weighted by Crippen LogP contribution is 2.26. The van der Waals surface area contributed by atoms with Gasteiger partial charge in [-0.05, 0) is 49.9 Å². The van der Waals surface area contributed by atoms with Gasteiger partial charge in [0.25, 0.3) is 5.91 Å². The molecule has 0 spiro atoms. The maximum absolute atomic E-state index is 12.4. The van der Waals surface area contributed by atoms with E-state index >= 15 is 0 Å². The number of nitrogens with one attached hydrogen (secondary N) is 1. The Hall–Kier alpha value is -1.81. The van der Waals surface area contributed by atoms with E-state index in [0.29, 0.717) is 10.7 Å². The maximum atomic E-state index is 12.4. The molecular weight excluding hydrogens is 274 g/mol. The van der Waals surface area contributed by atoms with Crippen LogP contribution < -0.4 is 5.32 Å². The highest BCUT2D eigenvalue weighted by molar-refractivity contribution is 6.30. The van der Waals surface area contributed by atoms with E-state index in [2.05, 4.69) is 10.4 Å². The number of fused-ring (bicyclic) bond motifs is 1. The monoisotopic (exact) mass is 289 g/mol. The number of halogens is 1. The van der Waals surface area contributed by atoms with Crippen molar-refractivity contribution in [3.05, 3.63) is 45.7 Å². The van der Waals surface area contributed by atoms with Crippen molar-refractivity contribution in [1.29, 1.82) is 0 Å². The molecule has 0 fully saturated rings. The molecule has 3 rings (SSSR count). The second-order valence-electron chi connectivity index (χ2n) is 5.16. The fourth-order valence-corrected chi connectivity index (χ4v) is 2.97. The lowest BCUT2D eigenvalue weighted by Gasteiger charge is -2.08. The molecule has 0 radical (unpaired) electrons. The summed E-state index contributed by atoms with van der Waals surface area (Å²) in [5, 5.41) is 7.94. The van der Waals surface area contributed by atoms with E-state index in [4.69, 9.17) is 11.6 Å². The van der Waals surface area contributed by atoms with Crippen LogP contribution in [0.2, 0.25) is 5.02 Å². The number of rotatable bonds is 2. The molecule has 5 heteroatoms. The van der Waals surface area contributed by atoms with Crippen molar-refractivity contribution in [2.75, 3.05) is 5.32 Å². The van der Waals surface area contributed by atoms with Gasteiger partial charge in [0.1, 0.15) is 0 Å². The molecule has 1 N–H and O–H groups in total. The Balaban J connectivity index is 1.89. The highest BCUT2D eigenvalue weighted by Gasteiger charge is 2.25. The number of hydrogen-bond donors (Lipinski definition) is 1. The lowest BCUT2D eigenvalue weighted by molar-refractivity contribution is 0.102. The molecule has 0 bridgehead atoms. The molecule has 0 saturated carbocycles. The van der Waals surface area contributed by atoms with Gasteiger partial charge in [-0.3, -0.25) is 9.48 Å². The molecule has 1 aromatic carbocycles. The number of aromatic nitrogens is 2. The minimum absolute atomic E-state index is 0.144. The second-order valence-corrected chi connectivity index (χ2v) is 5.60. The van der Waals surface area contributed by atoms with E-state index in [-0.39, 0.29) is 5.91 Å². The Morgan fingerprint density at radius 3 is 2.95 bits per heavy atom. The number of carbonyl (C=O) groups is 1. The minimum Gasteiger partial charge on any atom is -0.320 e. The van der Waals surface area contributed by atoms with Crippen LogP contribution in [0.4, 0.5) is 5.69 Å². The smallest absolute Gasteiger partial charge is 0.276 e. The molecule has 2 aromatic rings. The standard InChI is InChI=1S/C15H16ClN3O/c1-9-8-10(16)6-7-12(9)17-15(20)14-11-4-3-5-13(11)19(2)18-14/h6-8H,3-5H2,1-2H3,(H,17,20). The van der Waals surface area contributed by atoms with Crippen LogP contribution >= 0.6 is 11.6 Å². The van der Waals surface area contributed by atoms with Crippen LogP contribution in [0.15, 0.2) is 18.2 Å². The first-order valence-corrected chi connectivity index (χ1v) is 7.06. The largest absolute Gasteiger partial charge is 0.320 e. The van der Waals surface area contributed by atoms with E-state index in [1.54, 1.807) is 6.07 Å². The lowest BCUT2D eigenvalue weighted by Crippen LogP contribution is -2.15. The van der Waals surface area contributed by atoms with Crippen molar-refractivity contribution in [2.24, 2.45) is 7.05 Å². The number of aryl methyl sites for hydroxylation is 2. The molecule has 20 heavy (non-hydrogen) atoms. The van der Waals surface area contributed by atoms with Gasteiger partial charge in [-0.25, -0.2) is 0 Å². The zero-order valence-electron chi connectivity index (χ0n) is 11.5. The molecule has 1 amide bonds. The lowest BCUT2D eigenvalue weighted by atomic mass is 10.1. The van der Waals surface area contributed by atoms with Crippen LogP contribution in [0, 0.1) is 6.92 Å². The summed E-state index contributed by atoms with van der Waals surface area (Å²) in [6.07, 6.45) is 3.04. The fourth-order valence-electron chi connectivity index (χ4n) is 2.74. The molecule has 1 heterocycles. The van der Waals surface area contributed by atoms with Gasteiger partial charge in [-0.2, -0.15) is 5.10 Å². The van der Waals surface area contributed by atoms with Crippen LogP contribution in [-0.4, -0.2) is 15.7 Å². The molecular formula is C15H16ClN3O. The van der Waals surface area contributed by atoms with Gasteiger partial charge in [0.05, 0.1) is 0 Å². The van der Waals surface area contributed by atoms with Gasteiger partial charge in [-0.1, -0.05) is 11.6 Å². The minimum atomic E-state index is -0.144. The summed E-state index contributed by atoms with van der Waals surface area (Å²) in [5.41, 5.74) is 4.55. The number of hydrogen-bond acceptors (Lipinski definition) is 2. The third kappa shape index (κ3) is 2.20. The van der Waals surface area contributed by atoms with E-state index in [9.17, 15) is 4.79 Å². The first-order chi connectivity index (χ1) is 9.56. The third-order valence-electron chi connectivity index (χ3n) is 3.77. The van der Waals surface area contributed by atoms with E-state index in [1.165, 1.54) is 5.69 Å². The zero-order chi connectivity index (χ0) is 14.3. The second kappa shape index (κ2) is 4.94. The first-order valence-electron chi connectivity index (χ1n) is 6.68. The van der Waals surface area contributed by atoms with Gasteiger partial charge >= 0.3 is 0 Å². The number of benzene rings is 1. The molecule has 0 unspecified atom stereocenters. The number of anilines is 1. The molecule has 1 aliphatic rings. The predicted molar refractivity (Wildman–Crippen MR) is 79.4 cm³/mol. The van der Waals surface area contributed by atoms with E-state index in [0.717, 1.165) is 36.1 Å². The molecule has 0 atom stereocenters. The zero-order valence-corrected chi connectivity index (χ0v) is 12.3. The van der Waals surface area contributed by atoms with Crippen LogP contribution in [0.3, 0.4) is 0 Å². The summed E-state index contributed by atoms with van der Waals surface area (Å²) in [6, 6.07) is 5.42. The summed E-state index contributed by atoms with van der Waals surface area (Å²) in [6.45, 7) is 1.92. The molecule has 1 aliphatic carbocycles. The first kappa shape index (κ1) is 13.2. The van der Waals surface area contributed by atoms with Gasteiger partial charge < -0.3 is 5.32 Å². The Labute approximate surface area is 122 Å². The van der Waals surface area contributed by atoms with Crippen molar-refractivity contribution in [3.8, 4) is 0 Å². The third-order valence-corrected chi connectivity index (χ3v) is 4.00. The Morgan fingerprint density at radius 2 is 2.20 bits per heavy atom. The van der Waals surface area contributed by atoms with Crippen LogP contribution in [0.25, 0.3) is 0 Å². The Kier molecular flexibility index (Phi) is 3.26. The van der Waals surface area contributed by atoms with Crippen LogP contribution in [-0.2, 0) is 19.9 Å². The highest BCUT2D eigenvalue weighted by atomic mass is 35.5. The Bertz CT molecular complexity index is 691. The summed E-state index contributed by atoms with van der Waals surface area (Å²) in [7, 11) is 1.90. The number of nitrogens with zero attached hydrogens (tertiary/aromatic N) is 2. The molecule has 4 nitrogen and oxygen atoms in total. The summed E-state index contributed by atoms with van der Waals surface area (Å²) < 4.78 is 1.83. The molecule has 0 saturated heterocycles. The molecule has 0 aliphatic heterocycles. The molecule has 104 valence electrons. The van der Waals surface area contributed by atoms with Gasteiger partial charge in [0.2, 0.25) is 0 Å². The normalized spacial score (nSPS) is 13.3. The van der Waals surface area contributed by atoms with Crippen molar-refractivity contribution in [3.63, 3.8) is 0 Å². The topological polar surface area (TPSA) is 46.9 Å². The van der Waals surface area contributed by atoms with Gasteiger partial charge in [0, 0.05) is 29.0 Å². The van der Waals surface area contributed by atoms with Gasteiger partial charge in [0.15, 0.2) is 5.69 Å². The van der Waals surface area contributed by atoms with Crippen molar-refractivity contribution in [1.82, 2.24) is 9.78 Å². The van der Waals surface area contributed by atoms with Crippen molar-refractivity contribution < 1.29 is 4.79 Å². The van der Waals surface area contributed by atoms with Crippen LogP contribution in [0.1, 0.15) is 33.7 Å². The number of amides is 1. The summed E-state index contributed by atoms with van der Waals surface area (Å²) in [5.74, 6) is -0.144. The molecule has 1 aromatic heterocycles. The average molecular weight is 290 g/mol. The van der Waals surface area contributed by atoms with E-state index in [1.807, 2.05) is 30.8 Å². The quantitative estimate of drug-likeness (QED) is 0.923. The summed E-state index contributed by atoms with van der Waals surface area (Å²) >= 11 is 5.92. The van der Waals surface area contributed by atoms with Crippen molar-refractivity contribution >= 4 is 23.2 Å². The van der Waals surface area contributed by atoms with Gasteiger partial charge in [-0.15, -0.1) is 0 Å². The maximum Gasteiger partial charge on any atom is 0.276 e. The predicted octanol–water partition coefficient (Wildman–Crippen LogP) is 3.12. The summed E-state index contributed by atoms with van der Waals surface area (Å²) in [4.78, 5) is 12.4. The van der Waals surface area contributed by atoms with E-state index < -0.39 is 0 Å². The fraction of sp³-hybridized carbons (Fsp3) is 0.333.